The minimum atomic E-state index is -0.568. The summed E-state index contributed by atoms with van der Waals surface area (Å²) in [6.07, 6.45) is 2.56. The number of nitrogens with zero attached hydrogens (tertiary/aromatic N) is 3. The number of fused-ring (bicyclic) bond motifs is 3. The first-order valence-corrected chi connectivity index (χ1v) is 10.7. The number of aromatic amines is 1. The molecule has 0 fully saturated rings. The summed E-state index contributed by atoms with van der Waals surface area (Å²) in [5, 5.41) is 4.67. The van der Waals surface area contributed by atoms with Crippen LogP contribution in [-0.4, -0.2) is 44.4 Å². The van der Waals surface area contributed by atoms with Crippen LogP contribution in [0.5, 0.6) is 11.5 Å². The second-order valence-electron chi connectivity index (χ2n) is 7.87. The van der Waals surface area contributed by atoms with Gasteiger partial charge in [-0.1, -0.05) is 24.8 Å². The van der Waals surface area contributed by atoms with Crippen molar-refractivity contribution >= 4 is 17.5 Å². The molecule has 0 spiro atoms. The van der Waals surface area contributed by atoms with Crippen molar-refractivity contribution in [2.75, 3.05) is 13.1 Å². The van der Waals surface area contributed by atoms with Gasteiger partial charge >= 0.3 is 0 Å². The largest absolute Gasteiger partial charge is 0.457 e. The van der Waals surface area contributed by atoms with E-state index < -0.39 is 5.91 Å². The Hall–Kier alpha value is -4.33. The monoisotopic (exact) mass is 441 g/mol. The predicted octanol–water partition coefficient (Wildman–Crippen LogP) is 3.33. The number of nitrogens with one attached hydrogen (secondary N) is 1. The maximum atomic E-state index is 12.4. The van der Waals surface area contributed by atoms with Crippen LogP contribution in [0.25, 0.3) is 16.9 Å². The normalized spacial score (nSPS) is 13.4. The van der Waals surface area contributed by atoms with Crippen LogP contribution in [0.4, 0.5) is 0 Å². The van der Waals surface area contributed by atoms with Gasteiger partial charge in [-0.15, -0.1) is 0 Å². The van der Waals surface area contributed by atoms with Crippen LogP contribution in [0, 0.1) is 0 Å². The Kier molecular flexibility index (Phi) is 5.18. The number of ether oxygens (including phenoxy) is 1. The number of carbonyl (C=O) groups excluding carboxylic acids is 2. The fraction of sp³-hybridized carbons (Fsp3) is 0.160. The number of hydrogen-bond acceptors (Lipinski definition) is 4. The molecule has 0 radical (unpaired) electrons. The SMILES string of the molecule is C=CC(=O)N1CCc2nn3c(C(N)=O)c(-c4ccc(Oc5ccccc5)cc4)[nH]c3c2CC1. The first kappa shape index (κ1) is 20.6. The lowest BCUT2D eigenvalue weighted by atomic mass is 10.1. The summed E-state index contributed by atoms with van der Waals surface area (Å²) in [4.78, 5) is 29.5. The Bertz CT molecular complexity index is 1350. The topological polar surface area (TPSA) is 106 Å². The minimum absolute atomic E-state index is 0.0909. The maximum Gasteiger partial charge on any atom is 0.269 e. The molecule has 8 heteroatoms. The van der Waals surface area contributed by atoms with Gasteiger partial charge in [0.2, 0.25) is 5.91 Å². The molecule has 2 amide bonds. The molecule has 0 aliphatic carbocycles. The minimum Gasteiger partial charge on any atom is -0.457 e. The highest BCUT2D eigenvalue weighted by Crippen LogP contribution is 2.30. The molecule has 0 atom stereocenters. The van der Waals surface area contributed by atoms with Crippen molar-refractivity contribution in [1.29, 1.82) is 0 Å². The van der Waals surface area contributed by atoms with Gasteiger partial charge in [0.1, 0.15) is 17.1 Å². The van der Waals surface area contributed by atoms with E-state index in [-0.39, 0.29) is 5.91 Å². The van der Waals surface area contributed by atoms with Gasteiger partial charge in [-0.05, 0) is 48.9 Å². The molecular weight excluding hydrogens is 418 g/mol. The van der Waals surface area contributed by atoms with E-state index in [1.165, 1.54) is 6.08 Å². The number of nitrogens with two attached hydrogens (primary N) is 1. The summed E-state index contributed by atoms with van der Waals surface area (Å²) < 4.78 is 7.46. The average molecular weight is 441 g/mol. The zero-order valence-electron chi connectivity index (χ0n) is 18.0. The second-order valence-corrected chi connectivity index (χ2v) is 7.87. The summed E-state index contributed by atoms with van der Waals surface area (Å²) in [6.45, 7) is 4.69. The first-order chi connectivity index (χ1) is 16.0. The molecule has 0 saturated heterocycles. The van der Waals surface area contributed by atoms with E-state index in [0.717, 1.165) is 28.2 Å². The summed E-state index contributed by atoms with van der Waals surface area (Å²) in [5.74, 6) is 0.768. The van der Waals surface area contributed by atoms with E-state index in [4.69, 9.17) is 10.5 Å². The number of primary amides is 1. The maximum absolute atomic E-state index is 12.4. The fourth-order valence-electron chi connectivity index (χ4n) is 4.23. The second kappa shape index (κ2) is 8.31. The van der Waals surface area contributed by atoms with E-state index in [2.05, 4.69) is 16.7 Å². The third kappa shape index (κ3) is 3.76. The molecule has 2 aromatic heterocycles. The lowest BCUT2D eigenvalue weighted by molar-refractivity contribution is -0.125. The van der Waals surface area contributed by atoms with Crippen LogP contribution < -0.4 is 10.5 Å². The van der Waals surface area contributed by atoms with Crippen LogP contribution in [0.1, 0.15) is 21.7 Å². The van der Waals surface area contributed by atoms with Gasteiger partial charge in [0.05, 0.1) is 11.4 Å². The van der Waals surface area contributed by atoms with Gasteiger partial charge in [-0.25, -0.2) is 4.52 Å². The molecule has 0 saturated carbocycles. The molecule has 4 aromatic rings. The van der Waals surface area contributed by atoms with Gasteiger partial charge in [-0.2, -0.15) is 5.10 Å². The number of para-hydroxylation sites is 1. The van der Waals surface area contributed by atoms with Crippen molar-refractivity contribution in [2.24, 2.45) is 5.73 Å². The zero-order chi connectivity index (χ0) is 22.9. The molecule has 5 rings (SSSR count). The summed E-state index contributed by atoms with van der Waals surface area (Å²) in [5.41, 5.74) is 10.0. The van der Waals surface area contributed by atoms with Crippen LogP contribution >= 0.6 is 0 Å². The van der Waals surface area contributed by atoms with Crippen molar-refractivity contribution < 1.29 is 14.3 Å². The van der Waals surface area contributed by atoms with Gasteiger partial charge in [0.25, 0.3) is 5.91 Å². The quantitative estimate of drug-likeness (QED) is 0.463. The number of rotatable bonds is 5. The average Bonchev–Trinajstić information content (AvgIpc) is 3.28. The van der Waals surface area contributed by atoms with E-state index in [0.29, 0.717) is 43.1 Å². The van der Waals surface area contributed by atoms with Crippen LogP contribution in [0.3, 0.4) is 0 Å². The van der Waals surface area contributed by atoms with Crippen molar-refractivity contribution in [3.05, 3.63) is 84.2 Å². The third-order valence-corrected chi connectivity index (χ3v) is 5.85. The van der Waals surface area contributed by atoms with Crippen molar-refractivity contribution in [3.63, 3.8) is 0 Å². The number of H-pyrrole nitrogens is 1. The van der Waals surface area contributed by atoms with Crippen LogP contribution in [0.2, 0.25) is 0 Å². The number of amides is 2. The van der Waals surface area contributed by atoms with Crippen molar-refractivity contribution in [2.45, 2.75) is 12.8 Å². The highest BCUT2D eigenvalue weighted by atomic mass is 16.5. The first-order valence-electron chi connectivity index (χ1n) is 10.7. The highest BCUT2D eigenvalue weighted by Gasteiger charge is 2.26. The molecule has 3 heterocycles. The highest BCUT2D eigenvalue weighted by molar-refractivity contribution is 5.98. The zero-order valence-corrected chi connectivity index (χ0v) is 18.0. The van der Waals surface area contributed by atoms with E-state index in [1.807, 2.05) is 54.6 Å². The lowest BCUT2D eigenvalue weighted by Gasteiger charge is -2.17. The van der Waals surface area contributed by atoms with E-state index in [1.54, 1.807) is 9.42 Å². The van der Waals surface area contributed by atoms with E-state index >= 15 is 0 Å². The third-order valence-electron chi connectivity index (χ3n) is 5.85. The number of imidazole rings is 1. The number of benzene rings is 2. The molecule has 3 N–H and O–H groups in total. The number of aromatic nitrogens is 3. The molecule has 1 aliphatic rings. The lowest BCUT2D eigenvalue weighted by Crippen LogP contribution is -2.31. The molecule has 166 valence electrons. The fourth-order valence-corrected chi connectivity index (χ4v) is 4.23. The van der Waals surface area contributed by atoms with Gasteiger partial charge in [-0.3, -0.25) is 9.59 Å². The predicted molar refractivity (Wildman–Crippen MR) is 124 cm³/mol. The standard InChI is InChI=1S/C25H23N5O3/c1-2-21(31)29-14-12-19-20(13-15-29)28-30-23(24(26)32)22(27-25(19)30)16-8-10-18(11-9-16)33-17-6-4-3-5-7-17/h2-11,27H,1,12-15H2,(H2,26,32). The van der Waals surface area contributed by atoms with Gasteiger partial charge < -0.3 is 20.4 Å². The summed E-state index contributed by atoms with van der Waals surface area (Å²) in [7, 11) is 0. The molecule has 2 aromatic carbocycles. The molecule has 8 nitrogen and oxygen atoms in total. The summed E-state index contributed by atoms with van der Waals surface area (Å²) >= 11 is 0. The Morgan fingerprint density at radius 3 is 2.42 bits per heavy atom. The Labute approximate surface area is 190 Å². The molecule has 1 aliphatic heterocycles. The van der Waals surface area contributed by atoms with E-state index in [9.17, 15) is 9.59 Å². The molecule has 0 unspecified atom stereocenters. The van der Waals surface area contributed by atoms with Crippen molar-refractivity contribution in [3.8, 4) is 22.8 Å². The molecule has 33 heavy (non-hydrogen) atoms. The smallest absolute Gasteiger partial charge is 0.269 e. The Morgan fingerprint density at radius 1 is 1.03 bits per heavy atom. The Morgan fingerprint density at radius 2 is 1.73 bits per heavy atom. The van der Waals surface area contributed by atoms with Crippen molar-refractivity contribution in [1.82, 2.24) is 19.5 Å². The number of hydrogen-bond donors (Lipinski definition) is 2. The van der Waals surface area contributed by atoms with Gasteiger partial charge in [0, 0.05) is 30.6 Å². The molecule has 0 bridgehead atoms. The summed E-state index contributed by atoms with van der Waals surface area (Å²) in [6, 6.07) is 17.0. The number of carbonyl (C=O) groups is 2. The van der Waals surface area contributed by atoms with Crippen LogP contribution in [0.15, 0.2) is 67.3 Å². The van der Waals surface area contributed by atoms with Crippen LogP contribution in [-0.2, 0) is 17.6 Å². The molecular formula is C25H23N5O3. The van der Waals surface area contributed by atoms with Gasteiger partial charge in [0.15, 0.2) is 5.69 Å². The Balaban J connectivity index is 1.49.